The molecule has 0 unspecified atom stereocenters. The predicted molar refractivity (Wildman–Crippen MR) is 75.4 cm³/mol. The Balaban J connectivity index is 2.61. The summed E-state index contributed by atoms with van der Waals surface area (Å²) in [6, 6.07) is 6.61. The van der Waals surface area contributed by atoms with Crippen LogP contribution in [0.15, 0.2) is 18.2 Å². The quantitative estimate of drug-likeness (QED) is 0.711. The highest BCUT2D eigenvalue weighted by atomic mass is 15.3. The third-order valence-corrected chi connectivity index (χ3v) is 2.96. The van der Waals surface area contributed by atoms with Gasteiger partial charge in [-0.15, -0.1) is 0 Å². The second kappa shape index (κ2) is 7.30. The molecule has 3 heteroatoms. The lowest BCUT2D eigenvalue weighted by atomic mass is 10.1. The summed E-state index contributed by atoms with van der Waals surface area (Å²) in [6.45, 7) is 9.35. The van der Waals surface area contributed by atoms with Gasteiger partial charge in [0.05, 0.1) is 6.67 Å². The van der Waals surface area contributed by atoms with Crippen molar-refractivity contribution < 1.29 is 0 Å². The van der Waals surface area contributed by atoms with Gasteiger partial charge < -0.3 is 10.6 Å². The fourth-order valence-corrected chi connectivity index (χ4v) is 1.89. The number of hydrogen-bond donors (Lipinski definition) is 2. The Morgan fingerprint density at radius 3 is 2.53 bits per heavy atom. The predicted octanol–water partition coefficient (Wildman–Crippen LogP) is 2.43. The van der Waals surface area contributed by atoms with E-state index in [0.29, 0.717) is 0 Å². The molecule has 0 saturated heterocycles. The van der Waals surface area contributed by atoms with Crippen LogP contribution >= 0.6 is 0 Å². The summed E-state index contributed by atoms with van der Waals surface area (Å²) >= 11 is 0. The summed E-state index contributed by atoms with van der Waals surface area (Å²) in [7, 11) is 1.98. The number of nitrogens with zero attached hydrogens (tertiary/aromatic N) is 1. The Hall–Kier alpha value is -1.06. The van der Waals surface area contributed by atoms with Crippen LogP contribution in [0.3, 0.4) is 0 Å². The van der Waals surface area contributed by atoms with Crippen molar-refractivity contribution in [2.75, 3.05) is 32.2 Å². The standard InChI is InChI=1S/C14H25N3/c1-5-13-9-12(3)7-8-14(13)16-11-17(6-2)10-15-4/h7-9,15-16H,5-6,10-11H2,1-4H3. The molecule has 0 spiro atoms. The summed E-state index contributed by atoms with van der Waals surface area (Å²) in [4.78, 5) is 2.32. The van der Waals surface area contributed by atoms with Crippen molar-refractivity contribution in [3.8, 4) is 0 Å². The second-order valence-electron chi connectivity index (χ2n) is 4.35. The van der Waals surface area contributed by atoms with Crippen LogP contribution in [-0.4, -0.2) is 31.8 Å². The summed E-state index contributed by atoms with van der Waals surface area (Å²) in [5.41, 5.74) is 3.98. The lowest BCUT2D eigenvalue weighted by Crippen LogP contribution is -2.36. The highest BCUT2D eigenvalue weighted by Gasteiger charge is 2.03. The van der Waals surface area contributed by atoms with Crippen LogP contribution in [0.25, 0.3) is 0 Å². The molecule has 96 valence electrons. The zero-order valence-electron chi connectivity index (χ0n) is 11.5. The lowest BCUT2D eigenvalue weighted by molar-refractivity contribution is 0.293. The molecular weight excluding hydrogens is 210 g/mol. The lowest BCUT2D eigenvalue weighted by Gasteiger charge is -2.22. The third-order valence-electron chi connectivity index (χ3n) is 2.96. The Kier molecular flexibility index (Phi) is 6.01. The Morgan fingerprint density at radius 2 is 1.94 bits per heavy atom. The molecule has 0 aliphatic heterocycles. The van der Waals surface area contributed by atoms with Gasteiger partial charge in [-0.05, 0) is 38.6 Å². The number of aryl methyl sites for hydroxylation is 2. The molecule has 0 saturated carbocycles. The van der Waals surface area contributed by atoms with Crippen LogP contribution < -0.4 is 10.6 Å². The topological polar surface area (TPSA) is 27.3 Å². The minimum absolute atomic E-state index is 0.882. The Bertz CT molecular complexity index is 336. The Morgan fingerprint density at radius 1 is 1.18 bits per heavy atom. The molecule has 17 heavy (non-hydrogen) atoms. The number of hydrogen-bond acceptors (Lipinski definition) is 3. The van der Waals surface area contributed by atoms with E-state index in [9.17, 15) is 0 Å². The molecule has 0 amide bonds. The summed E-state index contributed by atoms with van der Waals surface area (Å²) in [5.74, 6) is 0. The molecule has 1 aromatic carbocycles. The van der Waals surface area contributed by atoms with Gasteiger partial charge in [0.2, 0.25) is 0 Å². The van der Waals surface area contributed by atoms with Gasteiger partial charge in [0, 0.05) is 12.4 Å². The maximum Gasteiger partial charge on any atom is 0.0688 e. The van der Waals surface area contributed by atoms with E-state index in [-0.39, 0.29) is 0 Å². The van der Waals surface area contributed by atoms with Crippen LogP contribution in [0.1, 0.15) is 25.0 Å². The van der Waals surface area contributed by atoms with E-state index in [4.69, 9.17) is 0 Å². The number of rotatable bonds is 7. The van der Waals surface area contributed by atoms with Gasteiger partial charge in [-0.25, -0.2) is 0 Å². The van der Waals surface area contributed by atoms with Crippen molar-refractivity contribution in [3.63, 3.8) is 0 Å². The maximum absolute atomic E-state index is 3.51. The first-order valence-electron chi connectivity index (χ1n) is 6.41. The van der Waals surface area contributed by atoms with Crippen molar-refractivity contribution in [1.82, 2.24) is 10.2 Å². The highest BCUT2D eigenvalue weighted by molar-refractivity contribution is 5.52. The molecule has 0 aliphatic carbocycles. The van der Waals surface area contributed by atoms with E-state index >= 15 is 0 Å². The average Bonchev–Trinajstić information content (AvgIpc) is 2.35. The molecule has 0 heterocycles. The summed E-state index contributed by atoms with van der Waals surface area (Å²) in [5, 5.41) is 6.69. The zero-order valence-corrected chi connectivity index (χ0v) is 11.5. The third kappa shape index (κ3) is 4.36. The maximum atomic E-state index is 3.51. The van der Waals surface area contributed by atoms with Crippen molar-refractivity contribution in [3.05, 3.63) is 29.3 Å². The molecule has 0 aromatic heterocycles. The molecule has 3 nitrogen and oxygen atoms in total. The number of anilines is 1. The minimum atomic E-state index is 0.882. The highest BCUT2D eigenvalue weighted by Crippen LogP contribution is 2.17. The second-order valence-corrected chi connectivity index (χ2v) is 4.35. The number of benzene rings is 1. The van der Waals surface area contributed by atoms with Crippen LogP contribution in [0, 0.1) is 6.92 Å². The summed E-state index contributed by atoms with van der Waals surface area (Å²) in [6.07, 6.45) is 1.07. The normalized spacial score (nSPS) is 10.9. The minimum Gasteiger partial charge on any atom is -0.372 e. The van der Waals surface area contributed by atoms with Gasteiger partial charge in [0.15, 0.2) is 0 Å². The van der Waals surface area contributed by atoms with Crippen molar-refractivity contribution in [2.24, 2.45) is 0 Å². The SMILES string of the molecule is CCc1cc(C)ccc1NCN(CC)CNC. The van der Waals surface area contributed by atoms with Crippen LogP contribution in [0.4, 0.5) is 5.69 Å². The van der Waals surface area contributed by atoms with Gasteiger partial charge in [0.1, 0.15) is 0 Å². The molecule has 0 fully saturated rings. The van der Waals surface area contributed by atoms with E-state index in [2.05, 4.69) is 54.5 Å². The van der Waals surface area contributed by atoms with E-state index in [1.54, 1.807) is 0 Å². The molecule has 0 atom stereocenters. The van der Waals surface area contributed by atoms with Gasteiger partial charge in [0.25, 0.3) is 0 Å². The van der Waals surface area contributed by atoms with Gasteiger partial charge in [-0.2, -0.15) is 0 Å². The molecule has 2 N–H and O–H groups in total. The van der Waals surface area contributed by atoms with Crippen molar-refractivity contribution in [1.29, 1.82) is 0 Å². The zero-order chi connectivity index (χ0) is 12.7. The molecule has 1 rings (SSSR count). The first kappa shape index (κ1) is 14.0. The van der Waals surface area contributed by atoms with Gasteiger partial charge >= 0.3 is 0 Å². The van der Waals surface area contributed by atoms with Crippen LogP contribution in [0.2, 0.25) is 0 Å². The van der Waals surface area contributed by atoms with E-state index in [1.165, 1.54) is 16.8 Å². The summed E-state index contributed by atoms with van der Waals surface area (Å²) < 4.78 is 0. The molecule has 0 aliphatic rings. The number of nitrogens with one attached hydrogen (secondary N) is 2. The Labute approximate surface area is 105 Å². The van der Waals surface area contributed by atoms with Crippen molar-refractivity contribution >= 4 is 5.69 Å². The molecule has 0 bridgehead atoms. The van der Waals surface area contributed by atoms with Gasteiger partial charge in [-0.3, -0.25) is 4.90 Å². The fraction of sp³-hybridized carbons (Fsp3) is 0.571. The van der Waals surface area contributed by atoms with Crippen LogP contribution in [-0.2, 0) is 6.42 Å². The average molecular weight is 235 g/mol. The van der Waals surface area contributed by atoms with Crippen LogP contribution in [0.5, 0.6) is 0 Å². The first-order valence-corrected chi connectivity index (χ1v) is 6.41. The largest absolute Gasteiger partial charge is 0.372 e. The molecule has 1 aromatic rings. The van der Waals surface area contributed by atoms with Gasteiger partial charge in [-0.1, -0.05) is 31.5 Å². The van der Waals surface area contributed by atoms with E-state index in [1.807, 2.05) is 7.05 Å². The van der Waals surface area contributed by atoms with E-state index in [0.717, 1.165) is 26.3 Å². The van der Waals surface area contributed by atoms with E-state index < -0.39 is 0 Å². The molecular formula is C14H25N3. The first-order chi connectivity index (χ1) is 8.21. The monoisotopic (exact) mass is 235 g/mol. The van der Waals surface area contributed by atoms with Crippen molar-refractivity contribution in [2.45, 2.75) is 27.2 Å². The smallest absolute Gasteiger partial charge is 0.0688 e. The molecule has 0 radical (unpaired) electrons. The fourth-order valence-electron chi connectivity index (χ4n) is 1.89.